The van der Waals surface area contributed by atoms with Crippen molar-refractivity contribution >= 4 is 15.9 Å². The summed E-state index contributed by atoms with van der Waals surface area (Å²) in [4.78, 5) is 12.4. The molecule has 1 unspecified atom stereocenters. The van der Waals surface area contributed by atoms with Gasteiger partial charge in [-0.25, -0.2) is 12.8 Å². The molecule has 2 N–H and O–H groups in total. The summed E-state index contributed by atoms with van der Waals surface area (Å²) in [5.74, 6) is -1.53. The van der Waals surface area contributed by atoms with Crippen molar-refractivity contribution in [3.63, 3.8) is 0 Å². The molecule has 1 aliphatic rings. The fourth-order valence-corrected chi connectivity index (χ4v) is 4.92. The van der Waals surface area contributed by atoms with Gasteiger partial charge in [0.05, 0.1) is 0 Å². The molecule has 0 bridgehead atoms. The van der Waals surface area contributed by atoms with Crippen LogP contribution in [0.15, 0.2) is 53.4 Å². The highest BCUT2D eigenvalue weighted by Crippen LogP contribution is 2.21. The van der Waals surface area contributed by atoms with Crippen LogP contribution >= 0.6 is 0 Å². The Morgan fingerprint density at radius 1 is 1.07 bits per heavy atom. The Morgan fingerprint density at radius 2 is 1.71 bits per heavy atom. The lowest BCUT2D eigenvalue weighted by Crippen LogP contribution is -2.53. The summed E-state index contributed by atoms with van der Waals surface area (Å²) in [5, 5.41) is 2.97. The van der Waals surface area contributed by atoms with E-state index >= 15 is 0 Å². The van der Waals surface area contributed by atoms with E-state index < -0.39 is 26.8 Å². The highest BCUT2D eigenvalue weighted by molar-refractivity contribution is 7.89. The first-order chi connectivity index (χ1) is 13.3. The molecule has 28 heavy (non-hydrogen) atoms. The molecule has 2 aromatic rings. The smallest absolute Gasteiger partial charge is 0.244 e. The van der Waals surface area contributed by atoms with Gasteiger partial charge in [0, 0.05) is 6.04 Å². The molecule has 0 aromatic heterocycles. The van der Waals surface area contributed by atoms with Crippen molar-refractivity contribution in [3.05, 3.63) is 65.5 Å². The molecule has 2 aromatic carbocycles. The Hall–Kier alpha value is -2.25. The molecule has 5 nitrogen and oxygen atoms in total. The lowest BCUT2D eigenvalue weighted by Gasteiger charge is -2.28. The molecule has 0 saturated heterocycles. The first-order valence-corrected chi connectivity index (χ1v) is 10.9. The summed E-state index contributed by atoms with van der Waals surface area (Å²) >= 11 is 0. The molecule has 0 aliphatic heterocycles. The lowest BCUT2D eigenvalue weighted by atomic mass is 9.88. The number of carbonyl (C=O) groups is 1. The molecule has 7 heteroatoms. The van der Waals surface area contributed by atoms with Crippen molar-refractivity contribution in [2.75, 3.05) is 0 Å². The minimum Gasteiger partial charge on any atom is -0.352 e. The number of halogens is 1. The van der Waals surface area contributed by atoms with Crippen LogP contribution in [0.2, 0.25) is 0 Å². The van der Waals surface area contributed by atoms with Crippen LogP contribution < -0.4 is 10.0 Å². The molecule has 1 amide bonds. The summed E-state index contributed by atoms with van der Waals surface area (Å²) in [5.41, 5.74) is 2.49. The molecule has 0 radical (unpaired) electrons. The van der Waals surface area contributed by atoms with Crippen molar-refractivity contribution in [2.45, 2.75) is 50.1 Å². The van der Waals surface area contributed by atoms with Gasteiger partial charge in [0.15, 0.2) is 0 Å². The summed E-state index contributed by atoms with van der Waals surface area (Å²) in [7, 11) is -4.16. The Bertz CT molecular complexity index is 960. The maximum atomic E-state index is 13.9. The van der Waals surface area contributed by atoms with Crippen molar-refractivity contribution in [3.8, 4) is 0 Å². The van der Waals surface area contributed by atoms with Crippen LogP contribution in [-0.2, 0) is 27.7 Å². The number of amides is 1. The van der Waals surface area contributed by atoms with Gasteiger partial charge >= 0.3 is 0 Å². The second kappa shape index (κ2) is 8.41. The predicted octanol–water partition coefficient (Wildman–Crippen LogP) is 2.80. The normalized spacial score (nSPS) is 17.8. The van der Waals surface area contributed by atoms with Gasteiger partial charge in [-0.1, -0.05) is 50.2 Å². The van der Waals surface area contributed by atoms with E-state index in [1.807, 2.05) is 12.1 Å². The number of aryl methyl sites for hydroxylation is 1. The van der Waals surface area contributed by atoms with Crippen LogP contribution in [0.25, 0.3) is 0 Å². The topological polar surface area (TPSA) is 75.3 Å². The standard InChI is InChI=1S/C21H25FN2O3S/c1-14(2)20(24-28(26,27)19-10-6-5-9-18(19)22)21(25)23-17-12-11-15-7-3-4-8-16(15)13-17/h3-10,14,17,20,24H,11-13H2,1-2H3,(H,23,25)/t17?,20-/m0/s1. The minimum atomic E-state index is -4.16. The first kappa shape index (κ1) is 20.5. The third-order valence-electron chi connectivity index (χ3n) is 5.05. The number of fused-ring (bicyclic) bond motifs is 1. The third kappa shape index (κ3) is 4.59. The molecule has 1 aliphatic carbocycles. The van der Waals surface area contributed by atoms with Gasteiger partial charge in [-0.3, -0.25) is 4.79 Å². The first-order valence-electron chi connectivity index (χ1n) is 9.42. The van der Waals surface area contributed by atoms with Crippen LogP contribution in [-0.4, -0.2) is 26.4 Å². The molecule has 0 fully saturated rings. The van der Waals surface area contributed by atoms with Gasteiger partial charge in [-0.2, -0.15) is 4.72 Å². The quantitative estimate of drug-likeness (QED) is 0.777. The van der Waals surface area contributed by atoms with Gasteiger partial charge in [0.2, 0.25) is 15.9 Å². The molecule has 3 rings (SSSR count). The van der Waals surface area contributed by atoms with Crippen molar-refractivity contribution in [1.82, 2.24) is 10.0 Å². The fraction of sp³-hybridized carbons (Fsp3) is 0.381. The second-order valence-corrected chi connectivity index (χ2v) is 9.17. The maximum Gasteiger partial charge on any atom is 0.244 e. The van der Waals surface area contributed by atoms with Crippen LogP contribution in [0.1, 0.15) is 31.4 Å². The zero-order chi connectivity index (χ0) is 20.3. The monoisotopic (exact) mass is 404 g/mol. The SMILES string of the molecule is CC(C)[C@H](NS(=O)(=O)c1ccccc1F)C(=O)NC1CCc2ccccc2C1. The van der Waals surface area contributed by atoms with Gasteiger partial charge in [0.25, 0.3) is 0 Å². The number of hydrogen-bond acceptors (Lipinski definition) is 3. The fourth-order valence-electron chi connectivity index (χ4n) is 3.50. The Kier molecular flexibility index (Phi) is 6.15. The number of hydrogen-bond donors (Lipinski definition) is 2. The van der Waals surface area contributed by atoms with Gasteiger partial charge in [-0.15, -0.1) is 0 Å². The van der Waals surface area contributed by atoms with Gasteiger partial charge < -0.3 is 5.32 Å². The average Bonchev–Trinajstić information content (AvgIpc) is 2.66. The van der Waals surface area contributed by atoms with E-state index in [1.165, 1.54) is 29.3 Å². The minimum absolute atomic E-state index is 0.0541. The predicted molar refractivity (Wildman–Crippen MR) is 106 cm³/mol. The molecule has 0 spiro atoms. The highest BCUT2D eigenvalue weighted by atomic mass is 32.2. The van der Waals surface area contributed by atoms with Crippen LogP contribution in [0.4, 0.5) is 4.39 Å². The third-order valence-corrected chi connectivity index (χ3v) is 6.52. The number of carbonyl (C=O) groups excluding carboxylic acids is 1. The highest BCUT2D eigenvalue weighted by Gasteiger charge is 2.31. The van der Waals surface area contributed by atoms with Gasteiger partial charge in [-0.05, 0) is 48.4 Å². The van der Waals surface area contributed by atoms with E-state index in [0.717, 1.165) is 18.9 Å². The Morgan fingerprint density at radius 3 is 2.39 bits per heavy atom. The second-order valence-electron chi connectivity index (χ2n) is 7.49. The summed E-state index contributed by atoms with van der Waals surface area (Å²) in [6.07, 6.45) is 2.38. The summed E-state index contributed by atoms with van der Waals surface area (Å²) in [6, 6.07) is 12.2. The van der Waals surface area contributed by atoms with Crippen LogP contribution in [0.3, 0.4) is 0 Å². The molecule has 150 valence electrons. The van der Waals surface area contributed by atoms with E-state index in [4.69, 9.17) is 0 Å². The number of rotatable bonds is 6. The van der Waals surface area contributed by atoms with Crippen LogP contribution in [0.5, 0.6) is 0 Å². The van der Waals surface area contributed by atoms with Crippen molar-refractivity contribution in [2.24, 2.45) is 5.92 Å². The van der Waals surface area contributed by atoms with E-state index in [-0.39, 0.29) is 17.9 Å². The van der Waals surface area contributed by atoms with Crippen molar-refractivity contribution < 1.29 is 17.6 Å². The Balaban J connectivity index is 1.72. The zero-order valence-electron chi connectivity index (χ0n) is 16.0. The maximum absolute atomic E-state index is 13.9. The molecule has 2 atom stereocenters. The number of sulfonamides is 1. The Labute approximate surface area is 165 Å². The average molecular weight is 405 g/mol. The molecular formula is C21H25FN2O3S. The summed E-state index contributed by atoms with van der Waals surface area (Å²) < 4.78 is 41.5. The number of benzene rings is 2. The van der Waals surface area contributed by atoms with Crippen molar-refractivity contribution in [1.29, 1.82) is 0 Å². The van der Waals surface area contributed by atoms with Crippen LogP contribution in [0, 0.1) is 11.7 Å². The van der Waals surface area contributed by atoms with E-state index in [0.29, 0.717) is 6.42 Å². The van der Waals surface area contributed by atoms with E-state index in [2.05, 4.69) is 22.2 Å². The summed E-state index contributed by atoms with van der Waals surface area (Å²) in [6.45, 7) is 3.51. The largest absolute Gasteiger partial charge is 0.352 e. The van der Waals surface area contributed by atoms with E-state index in [9.17, 15) is 17.6 Å². The molecular weight excluding hydrogens is 379 g/mol. The molecule has 0 saturated carbocycles. The molecule has 0 heterocycles. The number of nitrogens with one attached hydrogen (secondary N) is 2. The zero-order valence-corrected chi connectivity index (χ0v) is 16.8. The van der Waals surface area contributed by atoms with Gasteiger partial charge in [0.1, 0.15) is 16.8 Å². The lowest BCUT2D eigenvalue weighted by molar-refractivity contribution is -0.124. The van der Waals surface area contributed by atoms with E-state index in [1.54, 1.807) is 13.8 Å².